The summed E-state index contributed by atoms with van der Waals surface area (Å²) < 4.78 is 24.4. The lowest BCUT2D eigenvalue weighted by molar-refractivity contribution is 0.588. The Kier molecular flexibility index (Phi) is 2.87. The van der Waals surface area contributed by atoms with E-state index in [0.717, 1.165) is 11.1 Å². The summed E-state index contributed by atoms with van der Waals surface area (Å²) in [5.74, 6) is -0.146. The minimum atomic E-state index is -3.48. The molecule has 7 heteroatoms. The van der Waals surface area contributed by atoms with E-state index in [-0.39, 0.29) is 10.9 Å². The van der Waals surface area contributed by atoms with Gasteiger partial charge in [-0.2, -0.15) is 0 Å². The largest absolute Gasteiger partial charge is 0.328 e. The second kappa shape index (κ2) is 4.43. The van der Waals surface area contributed by atoms with Crippen LogP contribution in [0.5, 0.6) is 0 Å². The number of nitrogens with zero attached hydrogens (tertiary/aromatic N) is 2. The van der Waals surface area contributed by atoms with Crippen molar-refractivity contribution in [2.75, 3.05) is 0 Å². The van der Waals surface area contributed by atoms with Crippen molar-refractivity contribution in [3.8, 4) is 0 Å². The molecule has 0 amide bonds. The van der Waals surface area contributed by atoms with Crippen molar-refractivity contribution in [2.24, 2.45) is 0 Å². The van der Waals surface area contributed by atoms with Gasteiger partial charge < -0.3 is 4.98 Å². The Hall–Kier alpha value is -1.73. The standard InChI is InChI=1S/C12H11N3O2S2/c1-8-2-3-9(13-4-8)7-19(16,17)12-14-10-5-18-6-11(10)15-12/h2-6H,7H2,1H3,(H,14,15). The van der Waals surface area contributed by atoms with Crippen molar-refractivity contribution >= 4 is 32.2 Å². The zero-order chi connectivity index (χ0) is 13.5. The number of nitrogens with one attached hydrogen (secondary N) is 1. The second-order valence-electron chi connectivity index (χ2n) is 4.30. The third-order valence-corrected chi connectivity index (χ3v) is 4.90. The first-order chi connectivity index (χ1) is 9.04. The van der Waals surface area contributed by atoms with Gasteiger partial charge in [0.05, 0.1) is 11.2 Å². The Balaban J connectivity index is 1.94. The number of rotatable bonds is 3. The Morgan fingerprint density at radius 3 is 2.84 bits per heavy atom. The fraction of sp³-hybridized carbons (Fsp3) is 0.167. The molecule has 0 atom stereocenters. The molecule has 98 valence electrons. The molecule has 0 aromatic carbocycles. The van der Waals surface area contributed by atoms with E-state index in [4.69, 9.17) is 0 Å². The molecule has 1 N–H and O–H groups in total. The number of sulfone groups is 1. The zero-order valence-corrected chi connectivity index (χ0v) is 11.8. The summed E-state index contributed by atoms with van der Waals surface area (Å²) in [6, 6.07) is 3.57. The number of aromatic nitrogens is 3. The van der Waals surface area contributed by atoms with E-state index in [9.17, 15) is 8.42 Å². The molecule has 5 nitrogen and oxygen atoms in total. The summed E-state index contributed by atoms with van der Waals surface area (Å²) in [6.07, 6.45) is 1.66. The van der Waals surface area contributed by atoms with E-state index in [1.165, 1.54) is 11.3 Å². The van der Waals surface area contributed by atoms with E-state index in [0.29, 0.717) is 11.2 Å². The lowest BCUT2D eigenvalue weighted by Crippen LogP contribution is -2.08. The fourth-order valence-electron chi connectivity index (χ4n) is 1.72. The van der Waals surface area contributed by atoms with Crippen molar-refractivity contribution in [3.05, 3.63) is 40.3 Å². The molecular formula is C12H11N3O2S2. The van der Waals surface area contributed by atoms with Gasteiger partial charge in [0.25, 0.3) is 0 Å². The maximum absolute atomic E-state index is 12.2. The second-order valence-corrected chi connectivity index (χ2v) is 6.95. The lowest BCUT2D eigenvalue weighted by Gasteiger charge is -2.01. The molecule has 3 aromatic heterocycles. The summed E-state index contributed by atoms with van der Waals surface area (Å²) in [4.78, 5) is 11.0. The van der Waals surface area contributed by atoms with Gasteiger partial charge in [-0.05, 0) is 18.6 Å². The predicted octanol–water partition coefficient (Wildman–Crippen LogP) is 2.30. The van der Waals surface area contributed by atoms with Gasteiger partial charge >= 0.3 is 0 Å². The number of fused-ring (bicyclic) bond motifs is 1. The molecule has 0 aliphatic rings. The average Bonchev–Trinajstić information content (AvgIpc) is 2.92. The van der Waals surface area contributed by atoms with Crippen LogP contribution in [0.4, 0.5) is 0 Å². The van der Waals surface area contributed by atoms with Crippen LogP contribution in [0.15, 0.2) is 34.2 Å². The SMILES string of the molecule is Cc1ccc(CS(=O)(=O)c2nc3cscc3[nH]2)nc1. The quantitative estimate of drug-likeness (QED) is 0.804. The number of hydrogen-bond acceptors (Lipinski definition) is 5. The lowest BCUT2D eigenvalue weighted by atomic mass is 10.3. The topological polar surface area (TPSA) is 75.7 Å². The summed E-state index contributed by atoms with van der Waals surface area (Å²) in [7, 11) is -3.48. The van der Waals surface area contributed by atoms with Crippen molar-refractivity contribution < 1.29 is 8.42 Å². The van der Waals surface area contributed by atoms with Gasteiger partial charge in [0.2, 0.25) is 15.0 Å². The molecule has 0 saturated carbocycles. The Bertz CT molecular complexity index is 788. The molecule has 0 saturated heterocycles. The molecule has 0 aliphatic carbocycles. The minimum absolute atomic E-state index is 0.00711. The minimum Gasteiger partial charge on any atom is -0.328 e. The van der Waals surface area contributed by atoms with Crippen LogP contribution in [0, 0.1) is 6.92 Å². The van der Waals surface area contributed by atoms with E-state index in [1.807, 2.05) is 23.8 Å². The average molecular weight is 293 g/mol. The molecule has 0 unspecified atom stereocenters. The normalized spacial score (nSPS) is 12.1. The van der Waals surface area contributed by atoms with E-state index in [2.05, 4.69) is 15.0 Å². The fourth-order valence-corrected chi connectivity index (χ4v) is 3.61. The molecule has 0 bridgehead atoms. The first-order valence-corrected chi connectivity index (χ1v) is 8.20. The van der Waals surface area contributed by atoms with Crippen LogP contribution < -0.4 is 0 Å². The molecule has 0 fully saturated rings. The first-order valence-electron chi connectivity index (χ1n) is 5.61. The van der Waals surface area contributed by atoms with Crippen LogP contribution in [-0.4, -0.2) is 23.4 Å². The van der Waals surface area contributed by atoms with Gasteiger partial charge in [0.1, 0.15) is 11.3 Å². The monoisotopic (exact) mass is 293 g/mol. The highest BCUT2D eigenvalue weighted by molar-refractivity contribution is 7.90. The number of H-pyrrole nitrogens is 1. The van der Waals surface area contributed by atoms with Crippen molar-refractivity contribution in [1.82, 2.24) is 15.0 Å². The zero-order valence-electron chi connectivity index (χ0n) is 10.1. The predicted molar refractivity (Wildman–Crippen MR) is 73.8 cm³/mol. The van der Waals surface area contributed by atoms with Crippen molar-refractivity contribution in [3.63, 3.8) is 0 Å². The van der Waals surface area contributed by atoms with Crippen LogP contribution in [0.2, 0.25) is 0 Å². The summed E-state index contributed by atoms with van der Waals surface area (Å²) >= 11 is 1.48. The highest BCUT2D eigenvalue weighted by Gasteiger charge is 2.20. The number of aryl methyl sites for hydroxylation is 1. The highest BCUT2D eigenvalue weighted by atomic mass is 32.2. The summed E-state index contributed by atoms with van der Waals surface area (Å²) in [6.45, 7) is 1.91. The van der Waals surface area contributed by atoms with Gasteiger partial charge in [0.15, 0.2) is 0 Å². The molecule has 19 heavy (non-hydrogen) atoms. The molecule has 0 aliphatic heterocycles. The summed E-state index contributed by atoms with van der Waals surface area (Å²) in [5.41, 5.74) is 2.95. The molecular weight excluding hydrogens is 282 g/mol. The van der Waals surface area contributed by atoms with Gasteiger partial charge in [-0.25, -0.2) is 13.4 Å². The maximum atomic E-state index is 12.2. The first kappa shape index (κ1) is 12.3. The highest BCUT2D eigenvalue weighted by Crippen LogP contribution is 2.20. The van der Waals surface area contributed by atoms with Crippen LogP contribution in [0.25, 0.3) is 11.0 Å². The van der Waals surface area contributed by atoms with Gasteiger partial charge in [-0.3, -0.25) is 4.98 Å². The van der Waals surface area contributed by atoms with Crippen LogP contribution in [0.1, 0.15) is 11.3 Å². The smallest absolute Gasteiger partial charge is 0.226 e. The van der Waals surface area contributed by atoms with E-state index >= 15 is 0 Å². The Morgan fingerprint density at radius 2 is 2.16 bits per heavy atom. The number of aromatic amines is 1. The molecule has 3 rings (SSSR count). The Morgan fingerprint density at radius 1 is 1.32 bits per heavy atom. The molecule has 3 heterocycles. The maximum Gasteiger partial charge on any atom is 0.226 e. The van der Waals surface area contributed by atoms with E-state index in [1.54, 1.807) is 12.3 Å². The van der Waals surface area contributed by atoms with Crippen LogP contribution in [-0.2, 0) is 15.6 Å². The molecule has 3 aromatic rings. The van der Waals surface area contributed by atoms with Gasteiger partial charge in [-0.1, -0.05) is 6.07 Å². The third kappa shape index (κ3) is 2.39. The summed E-state index contributed by atoms with van der Waals surface area (Å²) in [5, 5.41) is 3.66. The van der Waals surface area contributed by atoms with Crippen molar-refractivity contribution in [1.29, 1.82) is 0 Å². The van der Waals surface area contributed by atoms with Crippen LogP contribution >= 0.6 is 11.3 Å². The van der Waals surface area contributed by atoms with Crippen molar-refractivity contribution in [2.45, 2.75) is 17.8 Å². The number of hydrogen-bond donors (Lipinski definition) is 1. The third-order valence-electron chi connectivity index (χ3n) is 2.71. The number of imidazole rings is 1. The van der Waals surface area contributed by atoms with Crippen LogP contribution in [0.3, 0.4) is 0 Å². The van der Waals surface area contributed by atoms with E-state index < -0.39 is 9.84 Å². The van der Waals surface area contributed by atoms with Gasteiger partial charge in [-0.15, -0.1) is 11.3 Å². The molecule has 0 radical (unpaired) electrons. The van der Waals surface area contributed by atoms with Gasteiger partial charge in [0, 0.05) is 17.0 Å². The number of thiophene rings is 1. The molecule has 0 spiro atoms. The Labute approximate surface area is 114 Å². The number of pyridine rings is 1.